The van der Waals surface area contributed by atoms with Crippen LogP contribution in [-0.2, 0) is 4.79 Å². The van der Waals surface area contributed by atoms with E-state index >= 15 is 0 Å². The molecule has 4 heteroatoms. The van der Waals surface area contributed by atoms with E-state index in [1.165, 1.54) is 0 Å². The maximum atomic E-state index is 10.2. The fourth-order valence-corrected chi connectivity index (χ4v) is 0.258. The summed E-state index contributed by atoms with van der Waals surface area (Å²) in [6.07, 6.45) is 0. The van der Waals surface area contributed by atoms with Gasteiger partial charge in [0.15, 0.2) is 0 Å². The number of aliphatic hydroxyl groups is 1. The first-order valence-corrected chi connectivity index (χ1v) is 2.32. The number of amides is 1. The highest BCUT2D eigenvalue weighted by molar-refractivity contribution is 5.75. The molecule has 0 spiro atoms. The molecule has 48 valence electrons. The Morgan fingerprint density at radius 3 is 2.38 bits per heavy atom. The van der Waals surface area contributed by atoms with Crippen molar-refractivity contribution >= 4 is 5.91 Å². The molecule has 1 amide bonds. The SMILES string of the molecule is CCN(O)C(=O)CO. The molecule has 0 aromatic carbocycles. The van der Waals surface area contributed by atoms with Crippen LogP contribution in [0.4, 0.5) is 0 Å². The highest BCUT2D eigenvalue weighted by Gasteiger charge is 2.03. The van der Waals surface area contributed by atoms with Crippen LogP contribution in [0.1, 0.15) is 6.92 Å². The number of carbonyl (C=O) groups excluding carboxylic acids is 1. The summed E-state index contributed by atoms with van der Waals surface area (Å²) in [5, 5.41) is 17.0. The van der Waals surface area contributed by atoms with E-state index in [0.29, 0.717) is 5.06 Å². The number of hydroxylamine groups is 2. The topological polar surface area (TPSA) is 60.8 Å². The summed E-state index contributed by atoms with van der Waals surface area (Å²) in [5.74, 6) is -0.674. The molecule has 0 aliphatic rings. The van der Waals surface area contributed by atoms with Gasteiger partial charge < -0.3 is 5.11 Å². The van der Waals surface area contributed by atoms with Gasteiger partial charge in [0.25, 0.3) is 5.91 Å². The fourth-order valence-electron chi connectivity index (χ4n) is 0.258. The summed E-state index contributed by atoms with van der Waals surface area (Å²) in [5.41, 5.74) is 0. The van der Waals surface area contributed by atoms with Gasteiger partial charge in [0, 0.05) is 6.54 Å². The Kier molecular flexibility index (Phi) is 3.14. The van der Waals surface area contributed by atoms with Crippen molar-refractivity contribution in [1.29, 1.82) is 0 Å². The lowest BCUT2D eigenvalue weighted by molar-refractivity contribution is -0.167. The first kappa shape index (κ1) is 7.39. The average Bonchev–Trinajstić information content (AvgIpc) is 1.84. The molecule has 0 rings (SSSR count). The second-order valence-electron chi connectivity index (χ2n) is 1.27. The third-order valence-corrected chi connectivity index (χ3v) is 0.723. The highest BCUT2D eigenvalue weighted by atomic mass is 16.5. The standard InChI is InChI=1S/C4H9NO3/c1-2-5(8)4(7)3-6/h6,8H,2-3H2,1H3. The van der Waals surface area contributed by atoms with Gasteiger partial charge in [-0.3, -0.25) is 10.0 Å². The number of hydrogen-bond donors (Lipinski definition) is 2. The summed E-state index contributed by atoms with van der Waals surface area (Å²) in [4.78, 5) is 10.2. The molecule has 8 heavy (non-hydrogen) atoms. The lowest BCUT2D eigenvalue weighted by Crippen LogP contribution is -2.29. The number of likely N-dealkylation sites (N-methyl/N-ethyl adjacent to an activating group) is 1. The van der Waals surface area contributed by atoms with Crippen LogP contribution in [0, 0.1) is 0 Å². The summed E-state index contributed by atoms with van der Waals surface area (Å²) in [7, 11) is 0. The quantitative estimate of drug-likeness (QED) is 0.370. The van der Waals surface area contributed by atoms with E-state index in [1.54, 1.807) is 6.92 Å². The normalized spacial score (nSPS) is 8.88. The van der Waals surface area contributed by atoms with Crippen LogP contribution >= 0.6 is 0 Å². The molecule has 0 bridgehead atoms. The Morgan fingerprint density at radius 1 is 1.75 bits per heavy atom. The fraction of sp³-hybridized carbons (Fsp3) is 0.750. The maximum absolute atomic E-state index is 10.2. The molecule has 0 aromatic heterocycles. The smallest absolute Gasteiger partial charge is 0.271 e. The van der Waals surface area contributed by atoms with Crippen molar-refractivity contribution in [2.45, 2.75) is 6.92 Å². The maximum Gasteiger partial charge on any atom is 0.271 e. The van der Waals surface area contributed by atoms with Gasteiger partial charge in [0.1, 0.15) is 6.61 Å². The molecule has 0 aliphatic carbocycles. The molecule has 0 saturated carbocycles. The Bertz CT molecular complexity index is 83.4. The molecule has 0 aliphatic heterocycles. The van der Waals surface area contributed by atoms with Gasteiger partial charge in [0.2, 0.25) is 0 Å². The Balaban J connectivity index is 3.46. The van der Waals surface area contributed by atoms with Gasteiger partial charge in [-0.25, -0.2) is 5.06 Å². The van der Waals surface area contributed by atoms with Crippen LogP contribution in [0.5, 0.6) is 0 Å². The molecule has 0 unspecified atom stereocenters. The molecule has 0 radical (unpaired) electrons. The Labute approximate surface area is 47.3 Å². The minimum atomic E-state index is -0.674. The second-order valence-corrected chi connectivity index (χ2v) is 1.27. The van der Waals surface area contributed by atoms with E-state index in [2.05, 4.69) is 0 Å². The second kappa shape index (κ2) is 3.40. The minimum Gasteiger partial charge on any atom is -0.386 e. The van der Waals surface area contributed by atoms with Crippen molar-refractivity contribution in [1.82, 2.24) is 5.06 Å². The minimum absolute atomic E-state index is 0.208. The number of carbonyl (C=O) groups is 1. The zero-order valence-electron chi connectivity index (χ0n) is 4.66. The summed E-state index contributed by atoms with van der Waals surface area (Å²) in [6, 6.07) is 0. The molecular weight excluding hydrogens is 110 g/mol. The predicted octanol–water partition coefficient (Wildman–Crippen LogP) is -0.784. The first-order valence-electron chi connectivity index (χ1n) is 2.32. The largest absolute Gasteiger partial charge is 0.386 e. The van der Waals surface area contributed by atoms with Crippen molar-refractivity contribution in [3.05, 3.63) is 0 Å². The molecule has 0 fully saturated rings. The van der Waals surface area contributed by atoms with Gasteiger partial charge in [-0.05, 0) is 6.92 Å². The van der Waals surface area contributed by atoms with Gasteiger partial charge in [-0.15, -0.1) is 0 Å². The van der Waals surface area contributed by atoms with Crippen molar-refractivity contribution in [2.24, 2.45) is 0 Å². The van der Waals surface area contributed by atoms with Crippen LogP contribution in [0.25, 0.3) is 0 Å². The van der Waals surface area contributed by atoms with Crippen LogP contribution in [0.2, 0.25) is 0 Å². The molecule has 0 atom stereocenters. The average molecular weight is 119 g/mol. The number of nitrogens with zero attached hydrogens (tertiary/aromatic N) is 1. The number of aliphatic hydroxyl groups excluding tert-OH is 1. The first-order chi connectivity index (χ1) is 3.72. The molecule has 0 heterocycles. The van der Waals surface area contributed by atoms with Gasteiger partial charge >= 0.3 is 0 Å². The van der Waals surface area contributed by atoms with Crippen molar-refractivity contribution in [2.75, 3.05) is 13.2 Å². The van der Waals surface area contributed by atoms with E-state index < -0.39 is 12.5 Å². The molecule has 0 aromatic rings. The zero-order chi connectivity index (χ0) is 6.57. The van der Waals surface area contributed by atoms with Crippen molar-refractivity contribution in [3.8, 4) is 0 Å². The van der Waals surface area contributed by atoms with Crippen molar-refractivity contribution in [3.63, 3.8) is 0 Å². The molecule has 2 N–H and O–H groups in total. The Hall–Kier alpha value is -0.610. The lowest BCUT2D eigenvalue weighted by Gasteiger charge is -2.08. The summed E-state index contributed by atoms with van der Waals surface area (Å²) < 4.78 is 0. The molecule has 4 nitrogen and oxygen atoms in total. The Morgan fingerprint density at radius 2 is 2.25 bits per heavy atom. The van der Waals surface area contributed by atoms with E-state index in [1.807, 2.05) is 0 Å². The third kappa shape index (κ3) is 1.90. The van der Waals surface area contributed by atoms with Gasteiger partial charge in [-0.2, -0.15) is 0 Å². The lowest BCUT2D eigenvalue weighted by atomic mass is 10.6. The van der Waals surface area contributed by atoms with E-state index in [-0.39, 0.29) is 6.54 Å². The number of hydrogen-bond acceptors (Lipinski definition) is 3. The van der Waals surface area contributed by atoms with Crippen LogP contribution in [0.3, 0.4) is 0 Å². The monoisotopic (exact) mass is 119 g/mol. The van der Waals surface area contributed by atoms with Crippen molar-refractivity contribution < 1.29 is 15.1 Å². The summed E-state index contributed by atoms with van der Waals surface area (Å²) in [6.45, 7) is 1.18. The van der Waals surface area contributed by atoms with Crippen LogP contribution < -0.4 is 0 Å². The molecule has 0 saturated heterocycles. The van der Waals surface area contributed by atoms with Crippen LogP contribution in [-0.4, -0.2) is 34.4 Å². The highest BCUT2D eigenvalue weighted by Crippen LogP contribution is 1.78. The molecular formula is C4H9NO3. The number of rotatable bonds is 2. The van der Waals surface area contributed by atoms with Gasteiger partial charge in [0.05, 0.1) is 0 Å². The van der Waals surface area contributed by atoms with Gasteiger partial charge in [-0.1, -0.05) is 0 Å². The van der Waals surface area contributed by atoms with Crippen LogP contribution in [0.15, 0.2) is 0 Å². The zero-order valence-corrected chi connectivity index (χ0v) is 4.66. The predicted molar refractivity (Wildman–Crippen MR) is 26.3 cm³/mol. The van der Waals surface area contributed by atoms with E-state index in [0.717, 1.165) is 0 Å². The van der Waals surface area contributed by atoms with E-state index in [4.69, 9.17) is 10.3 Å². The van der Waals surface area contributed by atoms with E-state index in [9.17, 15) is 4.79 Å². The third-order valence-electron chi connectivity index (χ3n) is 0.723. The summed E-state index contributed by atoms with van der Waals surface area (Å²) >= 11 is 0.